The van der Waals surface area contributed by atoms with Gasteiger partial charge in [-0.05, 0) is 6.07 Å². The number of halogens is 1. The van der Waals surface area contributed by atoms with Gasteiger partial charge in [-0.1, -0.05) is 23.4 Å². The van der Waals surface area contributed by atoms with E-state index in [1.54, 1.807) is 18.2 Å². The Labute approximate surface area is 108 Å². The molecule has 19 heavy (non-hydrogen) atoms. The van der Waals surface area contributed by atoms with Crippen LogP contribution in [0.2, 0.25) is 0 Å². The van der Waals surface area contributed by atoms with Crippen molar-refractivity contribution in [2.75, 3.05) is 0 Å². The van der Waals surface area contributed by atoms with Gasteiger partial charge >= 0.3 is 0 Å². The van der Waals surface area contributed by atoms with Crippen LogP contribution in [-0.2, 0) is 14.4 Å². The first-order valence-corrected chi connectivity index (χ1v) is 5.95. The van der Waals surface area contributed by atoms with Gasteiger partial charge < -0.3 is 4.84 Å². The molecule has 3 rings (SSSR count). The summed E-state index contributed by atoms with van der Waals surface area (Å²) in [6.45, 7) is 0. The second-order valence-corrected chi connectivity index (χ2v) is 4.66. The molecule has 2 aliphatic rings. The molecule has 98 valence electrons. The molecule has 0 aromatic heterocycles. The number of oxime groups is 1. The second-order valence-electron chi connectivity index (χ2n) is 4.66. The number of benzene rings is 1. The quantitative estimate of drug-likeness (QED) is 0.771. The number of amides is 2. The number of nitrogens with zero attached hydrogens (tertiary/aromatic N) is 1. The topological polar surface area (TPSA) is 67.8 Å². The number of nitrogens with one attached hydrogen (secondary N) is 1. The van der Waals surface area contributed by atoms with Crippen molar-refractivity contribution >= 4 is 17.5 Å². The number of hydrogen-bond acceptors (Lipinski definition) is 4. The Morgan fingerprint density at radius 1 is 1.32 bits per heavy atom. The molecule has 2 aliphatic heterocycles. The van der Waals surface area contributed by atoms with Crippen LogP contribution in [0.5, 0.6) is 0 Å². The van der Waals surface area contributed by atoms with Gasteiger partial charge in [0, 0.05) is 24.8 Å². The zero-order chi connectivity index (χ0) is 13.5. The number of hydrogen-bond donors (Lipinski definition) is 1. The Hall–Kier alpha value is -2.24. The monoisotopic (exact) mass is 262 g/mol. The van der Waals surface area contributed by atoms with E-state index in [9.17, 15) is 14.0 Å². The van der Waals surface area contributed by atoms with Crippen molar-refractivity contribution in [3.05, 3.63) is 35.6 Å². The Kier molecular flexibility index (Phi) is 2.58. The van der Waals surface area contributed by atoms with E-state index in [4.69, 9.17) is 4.84 Å². The second kappa shape index (κ2) is 4.15. The van der Waals surface area contributed by atoms with Crippen LogP contribution in [-0.4, -0.2) is 23.1 Å². The molecular formula is C13H11FN2O3. The van der Waals surface area contributed by atoms with E-state index in [2.05, 4.69) is 10.5 Å². The van der Waals surface area contributed by atoms with E-state index in [0.29, 0.717) is 11.3 Å². The highest BCUT2D eigenvalue weighted by atomic mass is 19.1. The van der Waals surface area contributed by atoms with Crippen LogP contribution >= 0.6 is 0 Å². The Morgan fingerprint density at radius 2 is 2.11 bits per heavy atom. The summed E-state index contributed by atoms with van der Waals surface area (Å²) in [4.78, 5) is 28.2. The standard InChI is InChI=1S/C13H11FN2O3/c14-9-4-2-1-3-8(9)10-7-13(19-16-10)6-5-11(17)15-12(13)18/h1-4H,5-7H2,(H,15,17,18). The van der Waals surface area contributed by atoms with Crippen molar-refractivity contribution in [3.63, 3.8) is 0 Å². The van der Waals surface area contributed by atoms with Crippen molar-refractivity contribution < 1.29 is 18.8 Å². The first-order valence-electron chi connectivity index (χ1n) is 5.95. The average Bonchev–Trinajstić information content (AvgIpc) is 2.81. The van der Waals surface area contributed by atoms with Gasteiger partial charge in [0.2, 0.25) is 11.5 Å². The highest BCUT2D eigenvalue weighted by Crippen LogP contribution is 2.33. The third-order valence-corrected chi connectivity index (χ3v) is 3.39. The number of carbonyl (C=O) groups is 2. The predicted octanol–water partition coefficient (Wildman–Crippen LogP) is 1.13. The molecule has 1 spiro atoms. The summed E-state index contributed by atoms with van der Waals surface area (Å²) in [7, 11) is 0. The molecule has 0 saturated carbocycles. The SMILES string of the molecule is O=C1CCC2(CC(c3ccccc3F)=NO2)C(=O)N1. The Balaban J connectivity index is 1.85. The fraction of sp³-hybridized carbons (Fsp3) is 0.308. The lowest BCUT2D eigenvalue weighted by molar-refractivity contribution is -0.153. The summed E-state index contributed by atoms with van der Waals surface area (Å²) in [5, 5.41) is 6.05. The normalized spacial score (nSPS) is 26.1. The Bertz CT molecular complexity index is 599. The minimum atomic E-state index is -1.16. The first-order chi connectivity index (χ1) is 9.11. The molecule has 5 nitrogen and oxygen atoms in total. The summed E-state index contributed by atoms with van der Waals surface area (Å²) in [5.74, 6) is -1.23. The third kappa shape index (κ3) is 1.89. The molecule has 1 atom stereocenters. The van der Waals surface area contributed by atoms with Crippen LogP contribution in [0.3, 0.4) is 0 Å². The summed E-state index contributed by atoms with van der Waals surface area (Å²) in [5.41, 5.74) is -0.447. The zero-order valence-electron chi connectivity index (χ0n) is 9.98. The van der Waals surface area contributed by atoms with E-state index in [0.717, 1.165) is 0 Å². The lowest BCUT2D eigenvalue weighted by Gasteiger charge is -2.28. The fourth-order valence-corrected chi connectivity index (χ4v) is 2.30. The van der Waals surface area contributed by atoms with Crippen LogP contribution in [0.15, 0.2) is 29.4 Å². The van der Waals surface area contributed by atoms with Crippen molar-refractivity contribution in [1.29, 1.82) is 0 Å². The van der Waals surface area contributed by atoms with Crippen LogP contribution in [0, 0.1) is 5.82 Å². The largest absolute Gasteiger partial charge is 0.378 e. The van der Waals surface area contributed by atoms with E-state index in [1.165, 1.54) is 6.07 Å². The fourth-order valence-electron chi connectivity index (χ4n) is 2.30. The summed E-state index contributed by atoms with van der Waals surface area (Å²) in [6, 6.07) is 6.18. The van der Waals surface area contributed by atoms with Gasteiger partial charge in [0.05, 0.1) is 5.71 Å². The lowest BCUT2D eigenvalue weighted by atomic mass is 9.86. The van der Waals surface area contributed by atoms with Crippen molar-refractivity contribution in [3.8, 4) is 0 Å². The summed E-state index contributed by atoms with van der Waals surface area (Å²) < 4.78 is 13.7. The van der Waals surface area contributed by atoms with Crippen LogP contribution in [0.1, 0.15) is 24.8 Å². The molecule has 1 fully saturated rings. The van der Waals surface area contributed by atoms with Gasteiger partial charge in [-0.15, -0.1) is 0 Å². The summed E-state index contributed by atoms with van der Waals surface area (Å²) >= 11 is 0. The predicted molar refractivity (Wildman–Crippen MR) is 63.8 cm³/mol. The maximum atomic E-state index is 13.7. The zero-order valence-corrected chi connectivity index (χ0v) is 9.98. The van der Waals surface area contributed by atoms with Crippen LogP contribution in [0.4, 0.5) is 4.39 Å². The van der Waals surface area contributed by atoms with Crippen molar-refractivity contribution in [2.45, 2.75) is 24.9 Å². The van der Waals surface area contributed by atoms with Gasteiger partial charge in [-0.25, -0.2) is 4.39 Å². The maximum Gasteiger partial charge on any atom is 0.274 e. The number of carbonyl (C=O) groups excluding carboxylic acids is 2. The molecule has 1 unspecified atom stereocenters. The van der Waals surface area contributed by atoms with E-state index < -0.39 is 17.3 Å². The number of piperidine rings is 1. The molecule has 0 aliphatic carbocycles. The minimum Gasteiger partial charge on any atom is -0.378 e. The van der Waals surface area contributed by atoms with Gasteiger partial charge in [-0.2, -0.15) is 0 Å². The molecule has 0 radical (unpaired) electrons. The van der Waals surface area contributed by atoms with Crippen molar-refractivity contribution in [1.82, 2.24) is 5.32 Å². The molecular weight excluding hydrogens is 251 g/mol. The number of rotatable bonds is 1. The molecule has 2 heterocycles. The molecule has 1 N–H and O–H groups in total. The lowest BCUT2D eigenvalue weighted by Crippen LogP contribution is -2.53. The Morgan fingerprint density at radius 3 is 2.84 bits per heavy atom. The maximum absolute atomic E-state index is 13.7. The van der Waals surface area contributed by atoms with E-state index in [-0.39, 0.29) is 25.2 Å². The molecule has 1 aromatic rings. The van der Waals surface area contributed by atoms with E-state index >= 15 is 0 Å². The average molecular weight is 262 g/mol. The van der Waals surface area contributed by atoms with Crippen molar-refractivity contribution in [2.24, 2.45) is 5.16 Å². The van der Waals surface area contributed by atoms with Gasteiger partial charge in [0.25, 0.3) is 5.91 Å². The van der Waals surface area contributed by atoms with E-state index in [1.807, 2.05) is 0 Å². The highest BCUT2D eigenvalue weighted by molar-refractivity contribution is 6.09. The molecule has 6 heteroatoms. The summed E-state index contributed by atoms with van der Waals surface area (Å²) in [6.07, 6.45) is 0.637. The van der Waals surface area contributed by atoms with Gasteiger partial charge in [0.15, 0.2) is 0 Å². The highest BCUT2D eigenvalue weighted by Gasteiger charge is 2.50. The van der Waals surface area contributed by atoms with Gasteiger partial charge in [0.1, 0.15) is 5.82 Å². The third-order valence-electron chi connectivity index (χ3n) is 3.39. The van der Waals surface area contributed by atoms with Gasteiger partial charge in [-0.3, -0.25) is 14.9 Å². The molecule has 1 saturated heterocycles. The van der Waals surface area contributed by atoms with Crippen LogP contribution in [0.25, 0.3) is 0 Å². The molecule has 0 bridgehead atoms. The smallest absolute Gasteiger partial charge is 0.274 e. The van der Waals surface area contributed by atoms with Crippen LogP contribution < -0.4 is 5.32 Å². The molecule has 1 aromatic carbocycles. The molecule has 2 amide bonds. The number of imide groups is 1. The minimum absolute atomic E-state index is 0.174. The first kappa shape index (κ1) is 11.8.